The van der Waals surface area contributed by atoms with Crippen LogP contribution in [0.4, 0.5) is 11.4 Å². The second-order valence-corrected chi connectivity index (χ2v) is 6.66. The van der Waals surface area contributed by atoms with Crippen LogP contribution in [0.2, 0.25) is 0 Å². The van der Waals surface area contributed by atoms with Crippen LogP contribution in [0.1, 0.15) is 24.2 Å². The number of nitrogens with zero attached hydrogens (tertiary/aromatic N) is 1. The van der Waals surface area contributed by atoms with E-state index in [0.717, 1.165) is 0 Å². The molecule has 0 bridgehead atoms. The van der Waals surface area contributed by atoms with Crippen molar-refractivity contribution in [2.24, 2.45) is 5.41 Å². The van der Waals surface area contributed by atoms with Crippen molar-refractivity contribution in [3.8, 4) is 0 Å². The molecular formula is C14H17BrN2O5. The highest BCUT2D eigenvalue weighted by atomic mass is 79.9. The quantitative estimate of drug-likeness (QED) is 0.496. The van der Waals surface area contributed by atoms with Crippen molar-refractivity contribution in [3.05, 3.63) is 32.3 Å². The molecule has 0 saturated carbocycles. The van der Waals surface area contributed by atoms with E-state index in [1.54, 1.807) is 0 Å². The molecule has 1 saturated heterocycles. The van der Waals surface area contributed by atoms with Crippen molar-refractivity contribution >= 4 is 33.3 Å². The monoisotopic (exact) mass is 372 g/mol. The van der Waals surface area contributed by atoms with Gasteiger partial charge in [0.15, 0.2) is 0 Å². The zero-order valence-electron chi connectivity index (χ0n) is 12.5. The van der Waals surface area contributed by atoms with Gasteiger partial charge < -0.3 is 14.8 Å². The third-order valence-corrected chi connectivity index (χ3v) is 4.30. The molecule has 0 aliphatic carbocycles. The van der Waals surface area contributed by atoms with Crippen LogP contribution in [0.15, 0.2) is 16.6 Å². The molecule has 1 aliphatic rings. The predicted molar refractivity (Wildman–Crippen MR) is 84.1 cm³/mol. The lowest BCUT2D eigenvalue weighted by Gasteiger charge is -2.26. The zero-order valence-corrected chi connectivity index (χ0v) is 14.1. The normalized spacial score (nSPS) is 19.7. The molecule has 1 aromatic carbocycles. The van der Waals surface area contributed by atoms with Crippen LogP contribution in [0.3, 0.4) is 0 Å². The SMILES string of the molecule is COC(=O)c1cc(Br)c([N+](=O)[O-])c(NC2COCC2(C)C)c1. The molecule has 1 unspecified atom stereocenters. The standard InChI is InChI=1S/C14H17BrN2O5/c1-14(2)7-22-6-11(14)16-10-5-8(13(18)21-3)4-9(15)12(10)17(19)20/h4-5,11,16H,6-7H2,1-3H3. The van der Waals surface area contributed by atoms with E-state index in [-0.39, 0.29) is 32.9 Å². The first kappa shape index (κ1) is 16.7. The predicted octanol–water partition coefficient (Wildman–Crippen LogP) is 2.98. The molecule has 1 fully saturated rings. The first-order chi connectivity index (χ1) is 10.3. The number of nitro groups is 1. The molecule has 1 aromatic rings. The number of nitro benzene ring substituents is 1. The number of benzene rings is 1. The summed E-state index contributed by atoms with van der Waals surface area (Å²) in [5.41, 5.74) is 0.222. The Morgan fingerprint density at radius 3 is 2.73 bits per heavy atom. The van der Waals surface area contributed by atoms with Crippen molar-refractivity contribution in [2.75, 3.05) is 25.6 Å². The van der Waals surface area contributed by atoms with Gasteiger partial charge in [-0.25, -0.2) is 4.79 Å². The van der Waals surface area contributed by atoms with Gasteiger partial charge in [0.2, 0.25) is 0 Å². The van der Waals surface area contributed by atoms with E-state index in [2.05, 4.69) is 26.0 Å². The third-order valence-electron chi connectivity index (χ3n) is 3.70. The molecule has 8 heteroatoms. The molecule has 0 amide bonds. The lowest BCUT2D eigenvalue weighted by atomic mass is 9.87. The zero-order chi connectivity index (χ0) is 16.5. The van der Waals surface area contributed by atoms with Crippen LogP contribution >= 0.6 is 15.9 Å². The molecule has 1 heterocycles. The fourth-order valence-corrected chi connectivity index (χ4v) is 2.93. The number of hydrogen-bond acceptors (Lipinski definition) is 6. The van der Waals surface area contributed by atoms with Gasteiger partial charge in [-0.2, -0.15) is 0 Å². The van der Waals surface area contributed by atoms with Gasteiger partial charge in [0.1, 0.15) is 5.69 Å². The topological polar surface area (TPSA) is 90.7 Å². The van der Waals surface area contributed by atoms with E-state index in [0.29, 0.717) is 13.2 Å². The number of methoxy groups -OCH3 is 1. The molecule has 1 aliphatic heterocycles. The Kier molecular flexibility index (Phi) is 4.72. The summed E-state index contributed by atoms with van der Waals surface area (Å²) in [4.78, 5) is 22.5. The minimum Gasteiger partial charge on any atom is -0.465 e. The fourth-order valence-electron chi connectivity index (χ4n) is 2.32. The maximum absolute atomic E-state index is 11.7. The number of nitrogens with one attached hydrogen (secondary N) is 1. The number of halogens is 1. The van der Waals surface area contributed by atoms with Gasteiger partial charge in [0.25, 0.3) is 0 Å². The van der Waals surface area contributed by atoms with Crippen LogP contribution in [0, 0.1) is 15.5 Å². The molecule has 7 nitrogen and oxygen atoms in total. The van der Waals surface area contributed by atoms with Gasteiger partial charge >= 0.3 is 11.7 Å². The van der Waals surface area contributed by atoms with Gasteiger partial charge in [0, 0.05) is 5.41 Å². The van der Waals surface area contributed by atoms with E-state index in [9.17, 15) is 14.9 Å². The van der Waals surface area contributed by atoms with Crippen LogP contribution in [0.25, 0.3) is 0 Å². The first-order valence-electron chi connectivity index (χ1n) is 6.67. The maximum Gasteiger partial charge on any atom is 0.337 e. The number of carbonyl (C=O) groups is 1. The molecule has 0 spiro atoms. The highest BCUT2D eigenvalue weighted by Gasteiger charge is 2.37. The van der Waals surface area contributed by atoms with Crippen LogP contribution in [-0.2, 0) is 9.47 Å². The van der Waals surface area contributed by atoms with Crippen molar-refractivity contribution in [1.29, 1.82) is 0 Å². The second kappa shape index (κ2) is 6.21. The van der Waals surface area contributed by atoms with E-state index in [1.807, 2.05) is 13.8 Å². The van der Waals surface area contributed by atoms with E-state index >= 15 is 0 Å². The maximum atomic E-state index is 11.7. The molecule has 120 valence electrons. The molecule has 2 rings (SSSR count). The Balaban J connectivity index is 2.45. The fraction of sp³-hybridized carbons (Fsp3) is 0.500. The summed E-state index contributed by atoms with van der Waals surface area (Å²) >= 11 is 3.15. The van der Waals surface area contributed by atoms with Crippen molar-refractivity contribution < 1.29 is 19.2 Å². The Labute approximate surface area is 136 Å². The average Bonchev–Trinajstić information content (AvgIpc) is 2.76. The summed E-state index contributed by atoms with van der Waals surface area (Å²) < 4.78 is 10.3. The summed E-state index contributed by atoms with van der Waals surface area (Å²) in [5.74, 6) is -0.555. The van der Waals surface area contributed by atoms with Crippen molar-refractivity contribution in [1.82, 2.24) is 0 Å². The Bertz CT molecular complexity index is 617. The first-order valence-corrected chi connectivity index (χ1v) is 7.46. The molecule has 22 heavy (non-hydrogen) atoms. The molecule has 1 atom stereocenters. The third kappa shape index (κ3) is 3.22. The minimum atomic E-state index is -0.555. The van der Waals surface area contributed by atoms with Crippen molar-refractivity contribution in [2.45, 2.75) is 19.9 Å². The van der Waals surface area contributed by atoms with Gasteiger partial charge in [0.05, 0.1) is 41.3 Å². The summed E-state index contributed by atoms with van der Waals surface area (Å²) in [6, 6.07) is 2.72. The second-order valence-electron chi connectivity index (χ2n) is 5.80. The number of anilines is 1. The smallest absolute Gasteiger partial charge is 0.337 e. The number of carbonyl (C=O) groups excluding carboxylic acids is 1. The summed E-state index contributed by atoms with van der Waals surface area (Å²) in [7, 11) is 1.26. The van der Waals surface area contributed by atoms with Gasteiger partial charge in [-0.05, 0) is 28.1 Å². The Hall–Kier alpha value is -1.67. The van der Waals surface area contributed by atoms with Gasteiger partial charge in [-0.1, -0.05) is 13.8 Å². The summed E-state index contributed by atoms with van der Waals surface area (Å²) in [6.45, 7) is 5.05. The number of hydrogen-bond donors (Lipinski definition) is 1. The number of esters is 1. The van der Waals surface area contributed by atoms with E-state index in [1.165, 1.54) is 19.2 Å². The number of rotatable bonds is 4. The van der Waals surface area contributed by atoms with Gasteiger partial charge in [-0.15, -0.1) is 0 Å². The summed E-state index contributed by atoms with van der Waals surface area (Å²) in [5, 5.41) is 14.5. The molecule has 1 N–H and O–H groups in total. The highest BCUT2D eigenvalue weighted by molar-refractivity contribution is 9.10. The Morgan fingerprint density at radius 2 is 2.23 bits per heavy atom. The lowest BCUT2D eigenvalue weighted by molar-refractivity contribution is -0.384. The molecule has 0 aromatic heterocycles. The van der Waals surface area contributed by atoms with Crippen LogP contribution < -0.4 is 5.32 Å². The molecule has 0 radical (unpaired) electrons. The lowest BCUT2D eigenvalue weighted by Crippen LogP contribution is -2.34. The molecular weight excluding hydrogens is 356 g/mol. The highest BCUT2D eigenvalue weighted by Crippen LogP contribution is 2.38. The summed E-state index contributed by atoms with van der Waals surface area (Å²) in [6.07, 6.45) is 0. The van der Waals surface area contributed by atoms with E-state index in [4.69, 9.17) is 4.74 Å². The largest absolute Gasteiger partial charge is 0.465 e. The number of ether oxygens (including phenoxy) is 2. The van der Waals surface area contributed by atoms with Crippen molar-refractivity contribution in [3.63, 3.8) is 0 Å². The Morgan fingerprint density at radius 1 is 1.55 bits per heavy atom. The minimum absolute atomic E-state index is 0.0917. The van der Waals surface area contributed by atoms with Gasteiger partial charge in [-0.3, -0.25) is 10.1 Å². The van der Waals surface area contributed by atoms with Crippen LogP contribution in [-0.4, -0.2) is 37.3 Å². The van der Waals surface area contributed by atoms with Crippen LogP contribution in [0.5, 0.6) is 0 Å². The van der Waals surface area contributed by atoms with E-state index < -0.39 is 10.9 Å². The average molecular weight is 373 g/mol.